The van der Waals surface area contributed by atoms with E-state index in [1.54, 1.807) is 0 Å². The van der Waals surface area contributed by atoms with Gasteiger partial charge in [-0.2, -0.15) is 0 Å². The fourth-order valence-electron chi connectivity index (χ4n) is 3.38. The van der Waals surface area contributed by atoms with Crippen molar-refractivity contribution < 1.29 is 9.90 Å². The Labute approximate surface area is 145 Å². The maximum absolute atomic E-state index is 12.2. The molecule has 2 unspecified atom stereocenters. The van der Waals surface area contributed by atoms with Gasteiger partial charge in [0, 0.05) is 18.3 Å². The first-order valence-corrected chi connectivity index (χ1v) is 8.57. The molecule has 6 heteroatoms. The van der Waals surface area contributed by atoms with Gasteiger partial charge in [-0.1, -0.05) is 18.2 Å². The maximum Gasteiger partial charge on any atom is 0.230 e. The SMILES string of the molecule is O=C(Nc1ccc(Cc2nnc3ccccn23)cc1)C1CCCC1O. The van der Waals surface area contributed by atoms with E-state index in [0.29, 0.717) is 12.8 Å². The van der Waals surface area contributed by atoms with Crippen molar-refractivity contribution in [2.75, 3.05) is 5.32 Å². The number of carbonyl (C=O) groups is 1. The van der Waals surface area contributed by atoms with E-state index in [1.807, 2.05) is 53.1 Å². The smallest absolute Gasteiger partial charge is 0.230 e. The highest BCUT2D eigenvalue weighted by Crippen LogP contribution is 2.26. The van der Waals surface area contributed by atoms with Crippen LogP contribution in [0, 0.1) is 5.92 Å². The highest BCUT2D eigenvalue weighted by Gasteiger charge is 2.31. The van der Waals surface area contributed by atoms with Crippen molar-refractivity contribution in [1.29, 1.82) is 0 Å². The van der Waals surface area contributed by atoms with Gasteiger partial charge in [0.05, 0.1) is 12.0 Å². The molecule has 0 radical (unpaired) electrons. The van der Waals surface area contributed by atoms with Gasteiger partial charge in [-0.05, 0) is 49.1 Å². The van der Waals surface area contributed by atoms with E-state index in [2.05, 4.69) is 15.5 Å². The van der Waals surface area contributed by atoms with Crippen LogP contribution in [0.15, 0.2) is 48.7 Å². The number of rotatable bonds is 4. The van der Waals surface area contributed by atoms with Crippen molar-refractivity contribution in [2.24, 2.45) is 5.92 Å². The molecule has 0 bridgehead atoms. The summed E-state index contributed by atoms with van der Waals surface area (Å²) < 4.78 is 1.97. The first-order valence-electron chi connectivity index (χ1n) is 8.57. The Morgan fingerprint density at radius 1 is 1.16 bits per heavy atom. The number of hydrogen-bond acceptors (Lipinski definition) is 4. The fraction of sp³-hybridized carbons (Fsp3) is 0.316. The molecule has 1 saturated carbocycles. The number of benzene rings is 1. The van der Waals surface area contributed by atoms with Gasteiger partial charge in [0.15, 0.2) is 5.65 Å². The van der Waals surface area contributed by atoms with Crippen molar-refractivity contribution in [1.82, 2.24) is 14.6 Å². The summed E-state index contributed by atoms with van der Waals surface area (Å²) in [4.78, 5) is 12.2. The number of carbonyl (C=O) groups excluding carboxylic acids is 1. The van der Waals surface area contributed by atoms with Crippen molar-refractivity contribution in [3.63, 3.8) is 0 Å². The molecule has 1 aromatic carbocycles. The molecule has 4 rings (SSSR count). The number of amides is 1. The van der Waals surface area contributed by atoms with Gasteiger partial charge in [0.1, 0.15) is 5.82 Å². The second-order valence-corrected chi connectivity index (χ2v) is 6.51. The largest absolute Gasteiger partial charge is 0.392 e. The Morgan fingerprint density at radius 2 is 2.00 bits per heavy atom. The number of aliphatic hydroxyl groups excluding tert-OH is 1. The van der Waals surface area contributed by atoms with Crippen LogP contribution in [-0.4, -0.2) is 31.7 Å². The van der Waals surface area contributed by atoms with Crippen LogP contribution in [-0.2, 0) is 11.2 Å². The third-order valence-electron chi connectivity index (χ3n) is 4.78. The van der Waals surface area contributed by atoms with Crippen LogP contribution in [0.25, 0.3) is 5.65 Å². The van der Waals surface area contributed by atoms with E-state index in [9.17, 15) is 9.90 Å². The van der Waals surface area contributed by atoms with Gasteiger partial charge < -0.3 is 10.4 Å². The minimum absolute atomic E-state index is 0.0961. The minimum atomic E-state index is -0.513. The molecule has 0 aliphatic heterocycles. The monoisotopic (exact) mass is 336 g/mol. The number of fused-ring (bicyclic) bond motifs is 1. The molecule has 3 aromatic rings. The first-order chi connectivity index (χ1) is 12.2. The molecule has 6 nitrogen and oxygen atoms in total. The number of nitrogens with zero attached hydrogens (tertiary/aromatic N) is 3. The molecule has 1 amide bonds. The van der Waals surface area contributed by atoms with E-state index in [4.69, 9.17) is 0 Å². The minimum Gasteiger partial charge on any atom is -0.392 e. The molecule has 2 N–H and O–H groups in total. The topological polar surface area (TPSA) is 79.5 Å². The van der Waals surface area contributed by atoms with Gasteiger partial charge in [-0.15, -0.1) is 10.2 Å². The lowest BCUT2D eigenvalue weighted by molar-refractivity contribution is -0.122. The van der Waals surface area contributed by atoms with Crippen LogP contribution in [0.1, 0.15) is 30.7 Å². The molecule has 2 aromatic heterocycles. The zero-order valence-electron chi connectivity index (χ0n) is 13.8. The molecule has 2 atom stereocenters. The number of aromatic nitrogens is 3. The second-order valence-electron chi connectivity index (χ2n) is 6.51. The zero-order valence-corrected chi connectivity index (χ0v) is 13.8. The second kappa shape index (κ2) is 6.64. The highest BCUT2D eigenvalue weighted by molar-refractivity contribution is 5.93. The van der Waals surface area contributed by atoms with Crippen molar-refractivity contribution in [2.45, 2.75) is 31.8 Å². The quantitative estimate of drug-likeness (QED) is 0.767. The molecule has 0 spiro atoms. The Balaban J connectivity index is 1.44. The molecule has 2 heterocycles. The zero-order chi connectivity index (χ0) is 17.2. The lowest BCUT2D eigenvalue weighted by atomic mass is 10.0. The summed E-state index contributed by atoms with van der Waals surface area (Å²) in [6.07, 6.45) is 4.48. The molecule has 25 heavy (non-hydrogen) atoms. The Hall–Kier alpha value is -2.73. The van der Waals surface area contributed by atoms with Crippen LogP contribution in [0.2, 0.25) is 0 Å². The van der Waals surface area contributed by atoms with Crippen molar-refractivity contribution in [3.05, 3.63) is 60.0 Å². The van der Waals surface area contributed by atoms with Crippen LogP contribution < -0.4 is 5.32 Å². The average Bonchev–Trinajstić information content (AvgIpc) is 3.23. The summed E-state index contributed by atoms with van der Waals surface area (Å²) in [5.41, 5.74) is 2.67. The number of hydrogen-bond donors (Lipinski definition) is 2. The molecular formula is C19H20N4O2. The van der Waals surface area contributed by atoms with E-state index >= 15 is 0 Å². The molecule has 1 fully saturated rings. The molecule has 0 saturated heterocycles. The Bertz CT molecular complexity index is 888. The summed E-state index contributed by atoms with van der Waals surface area (Å²) in [7, 11) is 0. The fourth-order valence-corrected chi connectivity index (χ4v) is 3.38. The van der Waals surface area contributed by atoms with Gasteiger partial charge >= 0.3 is 0 Å². The third kappa shape index (κ3) is 3.25. The van der Waals surface area contributed by atoms with Gasteiger partial charge in [-0.25, -0.2) is 0 Å². The summed E-state index contributed by atoms with van der Waals surface area (Å²) in [5.74, 6) is 0.490. The van der Waals surface area contributed by atoms with Gasteiger partial charge in [0.25, 0.3) is 0 Å². The standard InChI is InChI=1S/C19H20N4O2/c24-16-5-3-4-15(16)19(25)20-14-9-7-13(8-10-14)12-18-22-21-17-6-1-2-11-23(17)18/h1-2,6-11,15-16,24H,3-5,12H2,(H,20,25). The average molecular weight is 336 g/mol. The number of aliphatic hydroxyl groups is 1. The third-order valence-corrected chi connectivity index (χ3v) is 4.78. The van der Waals surface area contributed by atoms with Crippen molar-refractivity contribution in [3.8, 4) is 0 Å². The van der Waals surface area contributed by atoms with E-state index in [-0.39, 0.29) is 11.8 Å². The van der Waals surface area contributed by atoms with Crippen LogP contribution in [0.3, 0.4) is 0 Å². The summed E-state index contributed by atoms with van der Waals surface area (Å²) >= 11 is 0. The molecule has 1 aliphatic rings. The van der Waals surface area contributed by atoms with Gasteiger partial charge in [0.2, 0.25) is 5.91 Å². The molecule has 128 valence electrons. The summed E-state index contributed by atoms with van der Waals surface area (Å²) in [5, 5.41) is 21.1. The summed E-state index contributed by atoms with van der Waals surface area (Å²) in [6.45, 7) is 0. The number of pyridine rings is 1. The van der Waals surface area contributed by atoms with Crippen molar-refractivity contribution >= 4 is 17.2 Å². The lowest BCUT2D eigenvalue weighted by Gasteiger charge is -2.14. The predicted molar refractivity (Wildman–Crippen MR) is 94.2 cm³/mol. The van der Waals surface area contributed by atoms with E-state index in [0.717, 1.165) is 35.6 Å². The molecule has 1 aliphatic carbocycles. The van der Waals surface area contributed by atoms with E-state index in [1.165, 1.54) is 0 Å². The van der Waals surface area contributed by atoms with E-state index < -0.39 is 6.10 Å². The summed E-state index contributed by atoms with van der Waals surface area (Å²) in [6, 6.07) is 13.5. The van der Waals surface area contributed by atoms with Gasteiger partial charge in [-0.3, -0.25) is 9.20 Å². The Morgan fingerprint density at radius 3 is 2.76 bits per heavy atom. The normalized spacial score (nSPS) is 20.0. The number of anilines is 1. The Kier molecular flexibility index (Phi) is 4.19. The lowest BCUT2D eigenvalue weighted by Crippen LogP contribution is -2.28. The number of nitrogens with one attached hydrogen (secondary N) is 1. The van der Waals surface area contributed by atoms with Crippen LogP contribution in [0.5, 0.6) is 0 Å². The van der Waals surface area contributed by atoms with Crippen LogP contribution >= 0.6 is 0 Å². The highest BCUT2D eigenvalue weighted by atomic mass is 16.3. The maximum atomic E-state index is 12.2. The predicted octanol–water partition coefficient (Wildman–Crippen LogP) is 2.42. The molecular weight excluding hydrogens is 316 g/mol. The van der Waals surface area contributed by atoms with Crippen LogP contribution in [0.4, 0.5) is 5.69 Å². The first kappa shape index (κ1) is 15.8.